The van der Waals surface area contributed by atoms with Crippen LogP contribution in [0, 0.1) is 18.1 Å². The Labute approximate surface area is 420 Å². The zero-order valence-corrected chi connectivity index (χ0v) is 45.5. The Hall–Kier alpha value is -5.07. The van der Waals surface area contributed by atoms with Crippen LogP contribution in [0.1, 0.15) is 119 Å². The van der Waals surface area contributed by atoms with E-state index in [0.29, 0.717) is 17.8 Å². The Bertz CT molecular complexity index is 3140. The van der Waals surface area contributed by atoms with Crippen molar-refractivity contribution >= 4 is 50.6 Å². The molecule has 9 aromatic rings. The molecule has 349 valence electrons. The van der Waals surface area contributed by atoms with Gasteiger partial charge in [0.15, 0.2) is 0 Å². The van der Waals surface area contributed by atoms with Gasteiger partial charge in [-0.3, -0.25) is 4.98 Å². The molecule has 11 rings (SSSR count). The molecule has 6 heteroatoms. The first-order chi connectivity index (χ1) is 32.5. The maximum atomic E-state index is 6.77. The molecule has 68 heavy (non-hydrogen) atoms. The van der Waals surface area contributed by atoms with Gasteiger partial charge in [-0.25, -0.2) is 0 Å². The smallest absolute Gasteiger partial charge is 0 e. The van der Waals surface area contributed by atoms with Gasteiger partial charge in [0.25, 0.3) is 0 Å². The minimum absolute atomic E-state index is 0. The summed E-state index contributed by atoms with van der Waals surface area (Å²) in [5, 5.41) is 2.27. The summed E-state index contributed by atoms with van der Waals surface area (Å²) in [6.07, 6.45) is 14.3. The molecule has 0 amide bonds. The van der Waals surface area contributed by atoms with Crippen LogP contribution in [0.2, 0.25) is 17.3 Å². The Balaban J connectivity index is 0.000000211. The molecule has 6 aromatic carbocycles. The maximum Gasteiger partial charge on any atom is 0 e. The Morgan fingerprint density at radius 1 is 0.691 bits per heavy atom. The molecule has 3 aromatic heterocycles. The van der Waals surface area contributed by atoms with Crippen molar-refractivity contribution in [1.29, 1.82) is 0 Å². The Kier molecular flexibility index (Phi) is 14.5. The summed E-state index contributed by atoms with van der Waals surface area (Å²) in [7, 11) is 0. The summed E-state index contributed by atoms with van der Waals surface area (Å²) < 4.78 is 10.7. The summed E-state index contributed by atoms with van der Waals surface area (Å²) in [6, 6.07) is 52.5. The number of hydrogen-bond donors (Lipinski definition) is 0. The normalized spacial score (nSPS) is 14.6. The minimum Gasteiger partial charge on any atom is 0 e. The third kappa shape index (κ3) is 9.74. The van der Waals surface area contributed by atoms with E-state index in [4.69, 9.17) is 14.4 Å². The Morgan fingerprint density at radius 2 is 1.38 bits per heavy atom. The van der Waals surface area contributed by atoms with Crippen molar-refractivity contribution in [3.8, 4) is 39.5 Å². The number of benzene rings is 6. The number of fused-ring (bicyclic) bond motifs is 4. The van der Waals surface area contributed by atoms with Crippen molar-refractivity contribution in [2.24, 2.45) is 5.92 Å². The Morgan fingerprint density at radius 3 is 2.07 bits per heavy atom. The van der Waals surface area contributed by atoms with Crippen LogP contribution >= 0.6 is 0 Å². The maximum absolute atomic E-state index is 6.77. The number of furan rings is 1. The summed E-state index contributed by atoms with van der Waals surface area (Å²) >= 11 is -1.87. The molecular weight excluding hydrogens is 1070 g/mol. The number of hydrogen-bond acceptors (Lipinski definition) is 3. The summed E-state index contributed by atoms with van der Waals surface area (Å²) in [5.41, 5.74) is 16.3. The number of para-hydroxylation sites is 2. The second-order valence-corrected chi connectivity index (χ2v) is 31.6. The molecule has 0 spiro atoms. The van der Waals surface area contributed by atoms with Crippen LogP contribution in [0.5, 0.6) is 0 Å². The van der Waals surface area contributed by atoms with Crippen LogP contribution < -0.4 is 4.40 Å². The quantitative estimate of drug-likeness (QED) is 0.101. The van der Waals surface area contributed by atoms with Crippen molar-refractivity contribution in [3.63, 3.8) is 0 Å². The van der Waals surface area contributed by atoms with E-state index in [1.165, 1.54) is 91.3 Å². The van der Waals surface area contributed by atoms with Crippen LogP contribution in [0.15, 0.2) is 138 Å². The first kappa shape index (κ1) is 48.0. The second kappa shape index (κ2) is 20.5. The molecule has 0 N–H and O–H groups in total. The molecule has 2 aliphatic rings. The van der Waals surface area contributed by atoms with Crippen molar-refractivity contribution in [3.05, 3.63) is 168 Å². The van der Waals surface area contributed by atoms with E-state index in [1.54, 1.807) is 9.96 Å². The minimum atomic E-state index is -1.87. The average molecular weight is 1130 g/mol. The molecule has 0 saturated heterocycles. The van der Waals surface area contributed by atoms with Gasteiger partial charge in [0.1, 0.15) is 5.58 Å². The van der Waals surface area contributed by atoms with Crippen LogP contribution in [0.25, 0.3) is 72.4 Å². The molecule has 0 bridgehead atoms. The number of imidazole rings is 1. The van der Waals surface area contributed by atoms with Gasteiger partial charge in [-0.15, -0.1) is 18.2 Å². The monoisotopic (exact) mass is 1130 g/mol. The molecule has 0 unspecified atom stereocenters. The van der Waals surface area contributed by atoms with E-state index in [2.05, 4.69) is 177 Å². The van der Waals surface area contributed by atoms with Crippen molar-refractivity contribution in [1.82, 2.24) is 14.5 Å². The van der Waals surface area contributed by atoms with E-state index < -0.39 is 13.3 Å². The standard InChI is InChI=1S/C42H39N2O.C20H26GeN.Ir/c1-26(2)35-23-31(29-13-6-5-7-14-29)24-36(27(3)4)40(35)44-38-20-11-10-19-37(38)43-42(44)34-18-12-17-33-32-22-21-30(28-15-8-9-16-28)25-39(32)45-41(33)34;1-21(2,3)19-15-22-20(17-11-5-4-6-12-17)14-18(19)13-16-9-7-8-10-16;/h5-7,10-14,17,19-28H,8-9,15-16H2,1-4H3;4-6,11,14-16H,7-10,13H2,1-3H3;/q2*-1;. The fourth-order valence-corrected chi connectivity index (χ4v) is 14.4. The summed E-state index contributed by atoms with van der Waals surface area (Å²) in [6.45, 7) is 9.18. The third-order valence-electron chi connectivity index (χ3n) is 14.6. The van der Waals surface area contributed by atoms with Gasteiger partial charge in [0, 0.05) is 31.2 Å². The summed E-state index contributed by atoms with van der Waals surface area (Å²) in [5.74, 6) is 10.4. The van der Waals surface area contributed by atoms with Crippen molar-refractivity contribution in [2.75, 3.05) is 0 Å². The molecule has 1 radical (unpaired) electrons. The van der Waals surface area contributed by atoms with E-state index in [1.807, 2.05) is 18.2 Å². The topological polar surface area (TPSA) is 43.9 Å². The molecule has 3 heterocycles. The molecule has 0 atom stereocenters. The van der Waals surface area contributed by atoms with Crippen LogP contribution in [0.4, 0.5) is 0 Å². The van der Waals surface area contributed by atoms with Gasteiger partial charge in [0.05, 0.1) is 22.4 Å². The van der Waals surface area contributed by atoms with Gasteiger partial charge < -0.3 is 8.98 Å². The van der Waals surface area contributed by atoms with Crippen molar-refractivity contribution < 1.29 is 24.5 Å². The first-order valence-corrected chi connectivity index (χ1v) is 32.4. The van der Waals surface area contributed by atoms with Crippen molar-refractivity contribution in [2.45, 2.75) is 121 Å². The molecular formula is C62H65GeIrN3O-2. The van der Waals surface area contributed by atoms with Gasteiger partial charge in [-0.1, -0.05) is 106 Å². The van der Waals surface area contributed by atoms with Crippen LogP contribution in [0.3, 0.4) is 0 Å². The summed E-state index contributed by atoms with van der Waals surface area (Å²) in [4.78, 5) is 10.1. The average Bonchev–Trinajstić information content (AvgIpc) is 4.19. The van der Waals surface area contributed by atoms with E-state index in [0.717, 1.165) is 61.5 Å². The number of pyridine rings is 1. The van der Waals surface area contributed by atoms with Crippen LogP contribution in [-0.2, 0) is 26.5 Å². The second-order valence-electron chi connectivity index (χ2n) is 21.0. The predicted octanol–water partition coefficient (Wildman–Crippen LogP) is 16.8. The number of rotatable bonds is 10. The SMILES string of the molecule is CC(C)c1cc(-c2ccccc2)cc(C(C)C)c1-n1c(-c2[c-]ccc3c2oc2cc(C4CCCC4)ccc23)nc2ccccc21.[CH3][Ge]([CH3])([CH3])[c]1cnc(-c2[c-]cccc2)cc1CC1CCCC1.[Ir]. The zero-order valence-electron chi connectivity index (χ0n) is 41.0. The fraction of sp³-hybridized carbons (Fsp3) is 0.323. The number of nitrogens with zero attached hydrogens (tertiary/aromatic N) is 3. The zero-order chi connectivity index (χ0) is 46.2. The van der Waals surface area contributed by atoms with Gasteiger partial charge >= 0.3 is 137 Å². The van der Waals surface area contributed by atoms with E-state index in [-0.39, 0.29) is 20.1 Å². The molecule has 2 aliphatic carbocycles. The molecule has 2 saturated carbocycles. The van der Waals surface area contributed by atoms with E-state index >= 15 is 0 Å². The molecule has 0 aliphatic heterocycles. The largest absolute Gasteiger partial charge is 0 e. The molecule has 4 nitrogen and oxygen atoms in total. The first-order valence-electron chi connectivity index (χ1n) is 25.1. The van der Waals surface area contributed by atoms with Gasteiger partial charge in [-0.2, -0.15) is 0 Å². The van der Waals surface area contributed by atoms with Crippen LogP contribution in [-0.4, -0.2) is 27.8 Å². The van der Waals surface area contributed by atoms with Gasteiger partial charge in [0.2, 0.25) is 0 Å². The fourth-order valence-electron chi connectivity index (χ4n) is 11.0. The van der Waals surface area contributed by atoms with E-state index in [9.17, 15) is 0 Å². The van der Waals surface area contributed by atoms with Gasteiger partial charge in [-0.05, 0) is 88.7 Å². The predicted molar refractivity (Wildman–Crippen MR) is 285 cm³/mol. The number of aromatic nitrogens is 3. The molecule has 2 fully saturated rings. The third-order valence-corrected chi connectivity index (χ3v) is 18.9.